The van der Waals surface area contributed by atoms with E-state index in [1.54, 1.807) is 30.3 Å². The molecule has 2 rings (SSSR count). The standard InChI is InChI=1S/C11H7BrClN3O/c12-9-3-1-2-8(16-9)11(17)15-7-4-5-10(13)14-6-7/h1-6H,(H,15,17). The molecule has 86 valence electrons. The van der Waals surface area contributed by atoms with E-state index in [1.165, 1.54) is 6.20 Å². The molecule has 0 fully saturated rings. The predicted molar refractivity (Wildman–Crippen MR) is 69.1 cm³/mol. The molecule has 17 heavy (non-hydrogen) atoms. The van der Waals surface area contributed by atoms with Crippen molar-refractivity contribution in [1.29, 1.82) is 0 Å². The molecular weight excluding hydrogens is 305 g/mol. The number of aromatic nitrogens is 2. The summed E-state index contributed by atoms with van der Waals surface area (Å²) in [6.07, 6.45) is 1.48. The highest BCUT2D eigenvalue weighted by Crippen LogP contribution is 2.12. The highest BCUT2D eigenvalue weighted by Gasteiger charge is 2.07. The molecule has 0 aliphatic heterocycles. The maximum atomic E-state index is 11.8. The lowest BCUT2D eigenvalue weighted by molar-refractivity contribution is 0.102. The van der Waals surface area contributed by atoms with Crippen LogP contribution in [0.4, 0.5) is 5.69 Å². The van der Waals surface area contributed by atoms with Crippen LogP contribution in [-0.2, 0) is 0 Å². The molecule has 1 N–H and O–H groups in total. The fourth-order valence-electron chi connectivity index (χ4n) is 1.18. The van der Waals surface area contributed by atoms with Gasteiger partial charge in [-0.3, -0.25) is 4.79 Å². The van der Waals surface area contributed by atoms with Crippen molar-refractivity contribution in [3.8, 4) is 0 Å². The lowest BCUT2D eigenvalue weighted by atomic mass is 10.3. The molecule has 0 aliphatic carbocycles. The molecule has 6 heteroatoms. The van der Waals surface area contributed by atoms with Gasteiger partial charge in [0, 0.05) is 0 Å². The van der Waals surface area contributed by atoms with E-state index < -0.39 is 0 Å². The maximum Gasteiger partial charge on any atom is 0.274 e. The maximum absolute atomic E-state index is 11.8. The Morgan fingerprint density at radius 1 is 1.29 bits per heavy atom. The van der Waals surface area contributed by atoms with Crippen molar-refractivity contribution in [2.24, 2.45) is 0 Å². The first-order chi connectivity index (χ1) is 8.15. The Bertz CT molecular complexity index is 545. The molecule has 0 saturated carbocycles. The smallest absolute Gasteiger partial charge is 0.274 e. The molecule has 0 spiro atoms. The normalized spacial score (nSPS) is 10.0. The molecule has 0 aromatic carbocycles. The number of nitrogens with zero attached hydrogens (tertiary/aromatic N) is 2. The average Bonchev–Trinajstić information content (AvgIpc) is 2.32. The quantitative estimate of drug-likeness (QED) is 0.867. The summed E-state index contributed by atoms with van der Waals surface area (Å²) in [4.78, 5) is 19.7. The number of rotatable bonds is 2. The van der Waals surface area contributed by atoms with Gasteiger partial charge in [-0.05, 0) is 40.2 Å². The molecule has 0 bridgehead atoms. The van der Waals surface area contributed by atoms with Crippen LogP contribution >= 0.6 is 27.5 Å². The van der Waals surface area contributed by atoms with Gasteiger partial charge in [-0.25, -0.2) is 9.97 Å². The van der Waals surface area contributed by atoms with E-state index >= 15 is 0 Å². The second kappa shape index (κ2) is 5.25. The van der Waals surface area contributed by atoms with Gasteiger partial charge in [0.15, 0.2) is 0 Å². The minimum absolute atomic E-state index is 0.296. The monoisotopic (exact) mass is 311 g/mol. The van der Waals surface area contributed by atoms with Gasteiger partial charge >= 0.3 is 0 Å². The number of anilines is 1. The van der Waals surface area contributed by atoms with Crippen LogP contribution in [0.25, 0.3) is 0 Å². The molecule has 0 unspecified atom stereocenters. The van der Waals surface area contributed by atoms with Crippen LogP contribution in [0.15, 0.2) is 41.1 Å². The van der Waals surface area contributed by atoms with Crippen molar-refractivity contribution in [1.82, 2.24) is 9.97 Å². The van der Waals surface area contributed by atoms with E-state index in [0.29, 0.717) is 21.1 Å². The third kappa shape index (κ3) is 3.25. The van der Waals surface area contributed by atoms with Gasteiger partial charge < -0.3 is 5.32 Å². The summed E-state index contributed by atoms with van der Waals surface area (Å²) < 4.78 is 0.611. The fourth-order valence-corrected chi connectivity index (χ4v) is 1.64. The zero-order valence-electron chi connectivity index (χ0n) is 8.52. The molecule has 2 heterocycles. The average molecular weight is 313 g/mol. The Labute approximate surface area is 111 Å². The number of halogens is 2. The summed E-state index contributed by atoms with van der Waals surface area (Å²) in [6, 6.07) is 8.40. The molecule has 4 nitrogen and oxygen atoms in total. The number of amides is 1. The SMILES string of the molecule is O=C(Nc1ccc(Cl)nc1)c1cccc(Br)n1. The van der Waals surface area contributed by atoms with Crippen LogP contribution in [0.2, 0.25) is 5.15 Å². The predicted octanol–water partition coefficient (Wildman–Crippen LogP) is 3.14. The fraction of sp³-hybridized carbons (Fsp3) is 0. The number of hydrogen-bond acceptors (Lipinski definition) is 3. The summed E-state index contributed by atoms with van der Waals surface area (Å²) in [5.41, 5.74) is 0.899. The Hall–Kier alpha value is -1.46. The largest absolute Gasteiger partial charge is 0.319 e. The topological polar surface area (TPSA) is 54.9 Å². The number of pyridine rings is 2. The summed E-state index contributed by atoms with van der Waals surface area (Å²) in [7, 11) is 0. The minimum Gasteiger partial charge on any atom is -0.319 e. The Balaban J connectivity index is 2.14. The summed E-state index contributed by atoms with van der Waals surface area (Å²) in [5, 5.41) is 3.05. The molecule has 0 atom stereocenters. The third-order valence-corrected chi connectivity index (χ3v) is 2.60. The second-order valence-electron chi connectivity index (χ2n) is 3.17. The molecule has 1 amide bonds. The van der Waals surface area contributed by atoms with E-state index in [1.807, 2.05) is 0 Å². The van der Waals surface area contributed by atoms with Gasteiger partial charge in [0.2, 0.25) is 0 Å². The first kappa shape index (κ1) is 12.0. The molecular formula is C11H7BrClN3O. The van der Waals surface area contributed by atoms with Gasteiger partial charge in [-0.1, -0.05) is 17.7 Å². The summed E-state index contributed by atoms with van der Waals surface area (Å²) in [6.45, 7) is 0. The van der Waals surface area contributed by atoms with Crippen LogP contribution in [0, 0.1) is 0 Å². The molecule has 2 aromatic heterocycles. The van der Waals surface area contributed by atoms with E-state index in [-0.39, 0.29) is 5.91 Å². The first-order valence-corrected chi connectivity index (χ1v) is 5.88. The van der Waals surface area contributed by atoms with Crippen molar-refractivity contribution < 1.29 is 4.79 Å². The highest BCUT2D eigenvalue weighted by molar-refractivity contribution is 9.10. The van der Waals surface area contributed by atoms with Crippen molar-refractivity contribution >= 4 is 39.1 Å². The van der Waals surface area contributed by atoms with Crippen molar-refractivity contribution in [2.45, 2.75) is 0 Å². The summed E-state index contributed by atoms with van der Waals surface area (Å²) in [5.74, 6) is -0.296. The van der Waals surface area contributed by atoms with Gasteiger partial charge in [-0.2, -0.15) is 0 Å². The van der Waals surface area contributed by atoms with Crippen LogP contribution in [0.1, 0.15) is 10.5 Å². The van der Waals surface area contributed by atoms with Gasteiger partial charge in [0.1, 0.15) is 15.5 Å². The summed E-state index contributed by atoms with van der Waals surface area (Å²) >= 11 is 8.85. The minimum atomic E-state index is -0.296. The Morgan fingerprint density at radius 2 is 2.12 bits per heavy atom. The van der Waals surface area contributed by atoms with Gasteiger partial charge in [0.05, 0.1) is 11.9 Å². The van der Waals surface area contributed by atoms with Crippen LogP contribution in [-0.4, -0.2) is 15.9 Å². The van der Waals surface area contributed by atoms with E-state index in [0.717, 1.165) is 0 Å². The van der Waals surface area contributed by atoms with Gasteiger partial charge in [-0.15, -0.1) is 0 Å². The molecule has 0 saturated heterocycles. The highest BCUT2D eigenvalue weighted by atomic mass is 79.9. The second-order valence-corrected chi connectivity index (χ2v) is 4.37. The van der Waals surface area contributed by atoms with Crippen LogP contribution in [0.3, 0.4) is 0 Å². The van der Waals surface area contributed by atoms with E-state index in [4.69, 9.17) is 11.6 Å². The molecule has 2 aromatic rings. The lowest BCUT2D eigenvalue weighted by Crippen LogP contribution is -2.13. The van der Waals surface area contributed by atoms with Gasteiger partial charge in [0.25, 0.3) is 5.91 Å². The Morgan fingerprint density at radius 3 is 2.76 bits per heavy atom. The van der Waals surface area contributed by atoms with Crippen molar-refractivity contribution in [3.05, 3.63) is 52.0 Å². The van der Waals surface area contributed by atoms with Crippen molar-refractivity contribution in [3.63, 3.8) is 0 Å². The Kier molecular flexibility index (Phi) is 3.71. The molecule has 0 radical (unpaired) electrons. The van der Waals surface area contributed by atoms with E-state index in [2.05, 4.69) is 31.2 Å². The van der Waals surface area contributed by atoms with Crippen LogP contribution in [0.5, 0.6) is 0 Å². The number of carbonyl (C=O) groups excluding carboxylic acids is 1. The lowest BCUT2D eigenvalue weighted by Gasteiger charge is -2.04. The zero-order valence-corrected chi connectivity index (χ0v) is 10.9. The first-order valence-electron chi connectivity index (χ1n) is 4.70. The van der Waals surface area contributed by atoms with Crippen molar-refractivity contribution in [2.75, 3.05) is 5.32 Å². The van der Waals surface area contributed by atoms with E-state index in [9.17, 15) is 4.79 Å². The molecule has 0 aliphatic rings. The number of hydrogen-bond donors (Lipinski definition) is 1. The third-order valence-electron chi connectivity index (χ3n) is 1.93. The zero-order chi connectivity index (χ0) is 12.3. The number of nitrogens with one attached hydrogen (secondary N) is 1. The number of carbonyl (C=O) groups is 1. The van der Waals surface area contributed by atoms with Crippen LogP contribution < -0.4 is 5.32 Å².